The van der Waals surface area contributed by atoms with Crippen molar-refractivity contribution in [1.29, 1.82) is 0 Å². The number of sulfonamides is 1. The molecule has 1 rings (SSSR count). The van der Waals surface area contributed by atoms with Gasteiger partial charge in [0.15, 0.2) is 0 Å². The molecule has 0 saturated heterocycles. The van der Waals surface area contributed by atoms with Crippen molar-refractivity contribution in [1.82, 2.24) is 4.72 Å². The van der Waals surface area contributed by atoms with E-state index in [0.717, 1.165) is 8.66 Å². The van der Waals surface area contributed by atoms with E-state index in [1.54, 1.807) is 13.0 Å². The first kappa shape index (κ1) is 14.2. The zero-order valence-electron chi connectivity index (χ0n) is 9.80. The highest BCUT2D eigenvalue weighted by atomic mass is 79.9. The molecule has 0 bridgehead atoms. The first-order valence-corrected chi connectivity index (χ1v) is 7.97. The first-order valence-electron chi connectivity index (χ1n) is 4.87. The Morgan fingerprint density at radius 3 is 2.38 bits per heavy atom. The summed E-state index contributed by atoms with van der Waals surface area (Å²) < 4.78 is 27.4. The van der Waals surface area contributed by atoms with Crippen LogP contribution >= 0.6 is 27.3 Å². The predicted molar refractivity (Wildman–Crippen MR) is 71.4 cm³/mol. The Labute approximate surface area is 109 Å². The largest absolute Gasteiger partial charge is 0.241 e. The molecular formula is C10H16BrNO2S2. The van der Waals surface area contributed by atoms with Crippen molar-refractivity contribution in [3.8, 4) is 0 Å². The Bertz CT molecular complexity index is 471. The van der Waals surface area contributed by atoms with Crippen molar-refractivity contribution in [3.05, 3.63) is 14.7 Å². The Morgan fingerprint density at radius 1 is 1.44 bits per heavy atom. The molecule has 6 heteroatoms. The maximum absolute atomic E-state index is 12.0. The summed E-state index contributed by atoms with van der Waals surface area (Å²) in [5.41, 5.74) is -0.0613. The predicted octanol–water partition coefficient (Wildman–Crippen LogP) is 3.14. The number of nitrogens with one attached hydrogen (secondary N) is 1. The van der Waals surface area contributed by atoms with Crippen LogP contribution in [0.2, 0.25) is 0 Å². The lowest BCUT2D eigenvalue weighted by Crippen LogP contribution is -2.32. The molecule has 0 amide bonds. The Morgan fingerprint density at radius 2 is 2.00 bits per heavy atom. The van der Waals surface area contributed by atoms with Crippen LogP contribution in [0, 0.1) is 12.3 Å². The van der Waals surface area contributed by atoms with Crippen LogP contribution in [0.1, 0.15) is 25.6 Å². The summed E-state index contributed by atoms with van der Waals surface area (Å²) in [6.07, 6.45) is 0. The average molecular weight is 326 g/mol. The lowest BCUT2D eigenvalue weighted by atomic mass is 9.98. The van der Waals surface area contributed by atoms with Crippen LogP contribution < -0.4 is 4.72 Å². The van der Waals surface area contributed by atoms with Gasteiger partial charge in [0.25, 0.3) is 0 Å². The fraction of sp³-hybridized carbons (Fsp3) is 0.600. The second-order valence-electron chi connectivity index (χ2n) is 4.86. The quantitative estimate of drug-likeness (QED) is 0.927. The number of hydrogen-bond donors (Lipinski definition) is 1. The third kappa shape index (κ3) is 3.84. The molecule has 0 aromatic carbocycles. The minimum Gasteiger partial charge on any atom is -0.211 e. The van der Waals surface area contributed by atoms with Crippen LogP contribution in [0.15, 0.2) is 14.7 Å². The van der Waals surface area contributed by atoms with Crippen molar-refractivity contribution in [3.63, 3.8) is 0 Å². The summed E-state index contributed by atoms with van der Waals surface area (Å²) in [7, 11) is -3.37. The molecule has 1 heterocycles. The van der Waals surface area contributed by atoms with Crippen LogP contribution in [0.5, 0.6) is 0 Å². The molecule has 0 radical (unpaired) electrons. The van der Waals surface area contributed by atoms with E-state index in [4.69, 9.17) is 0 Å². The number of halogens is 1. The highest BCUT2D eigenvalue weighted by molar-refractivity contribution is 9.11. The molecule has 0 aliphatic carbocycles. The van der Waals surface area contributed by atoms with E-state index in [-0.39, 0.29) is 5.41 Å². The monoisotopic (exact) mass is 325 g/mol. The van der Waals surface area contributed by atoms with Crippen LogP contribution in [0.4, 0.5) is 0 Å². The summed E-state index contributed by atoms with van der Waals surface area (Å²) in [5.74, 6) is 0. The van der Waals surface area contributed by atoms with Gasteiger partial charge in [-0.2, -0.15) is 0 Å². The Kier molecular flexibility index (Phi) is 4.21. The normalized spacial score (nSPS) is 13.1. The van der Waals surface area contributed by atoms with Gasteiger partial charge in [-0.15, -0.1) is 11.3 Å². The smallest absolute Gasteiger partial charge is 0.211 e. The van der Waals surface area contributed by atoms with Gasteiger partial charge in [-0.3, -0.25) is 0 Å². The molecule has 1 aromatic rings. The first-order chi connectivity index (χ1) is 7.12. The fourth-order valence-electron chi connectivity index (χ4n) is 1.09. The lowest BCUT2D eigenvalue weighted by molar-refractivity contribution is 0.407. The van der Waals surface area contributed by atoms with E-state index < -0.39 is 10.0 Å². The lowest BCUT2D eigenvalue weighted by Gasteiger charge is -2.18. The summed E-state index contributed by atoms with van der Waals surface area (Å²) in [5, 5.41) is 0. The third-order valence-corrected chi connectivity index (χ3v) is 5.13. The topological polar surface area (TPSA) is 46.2 Å². The third-order valence-electron chi connectivity index (χ3n) is 1.92. The molecule has 0 atom stereocenters. The van der Waals surface area contributed by atoms with Gasteiger partial charge in [0.2, 0.25) is 10.0 Å². The number of thiophene rings is 1. The molecule has 0 unspecified atom stereocenters. The van der Waals surface area contributed by atoms with Crippen molar-refractivity contribution in [2.24, 2.45) is 5.41 Å². The minimum atomic E-state index is -3.37. The van der Waals surface area contributed by atoms with Crippen molar-refractivity contribution >= 4 is 37.3 Å². The van der Waals surface area contributed by atoms with Gasteiger partial charge >= 0.3 is 0 Å². The van der Waals surface area contributed by atoms with Gasteiger partial charge in [0.05, 0.1) is 8.68 Å². The molecule has 0 spiro atoms. The molecule has 3 nitrogen and oxygen atoms in total. The molecule has 0 aliphatic rings. The van der Waals surface area contributed by atoms with Gasteiger partial charge in [-0.25, -0.2) is 13.1 Å². The molecule has 0 aliphatic heterocycles. The summed E-state index contributed by atoms with van der Waals surface area (Å²) in [4.78, 5) is 1.17. The second kappa shape index (κ2) is 4.76. The van der Waals surface area contributed by atoms with E-state index in [9.17, 15) is 8.42 Å². The molecule has 0 fully saturated rings. The fourth-order valence-corrected chi connectivity index (χ4v) is 4.78. The summed E-state index contributed by atoms with van der Waals surface area (Å²) >= 11 is 4.72. The number of rotatable bonds is 3. The van der Waals surface area contributed by atoms with Crippen LogP contribution in [-0.2, 0) is 10.0 Å². The van der Waals surface area contributed by atoms with Crippen molar-refractivity contribution in [2.45, 2.75) is 32.6 Å². The van der Waals surface area contributed by atoms with Gasteiger partial charge in [0, 0.05) is 11.4 Å². The molecule has 1 aromatic heterocycles. The van der Waals surface area contributed by atoms with Crippen LogP contribution in [-0.4, -0.2) is 15.0 Å². The standard InChI is InChI=1S/C10H16BrNO2S2/c1-7-8(5-9(11)15-7)16(13,14)12-6-10(2,3)4/h5,12H,6H2,1-4H3. The van der Waals surface area contributed by atoms with E-state index >= 15 is 0 Å². The van der Waals surface area contributed by atoms with Crippen molar-refractivity contribution < 1.29 is 8.42 Å². The maximum atomic E-state index is 12.0. The van der Waals surface area contributed by atoms with Gasteiger partial charge < -0.3 is 0 Å². The average Bonchev–Trinajstić information content (AvgIpc) is 2.42. The van der Waals surface area contributed by atoms with Crippen molar-refractivity contribution in [2.75, 3.05) is 6.54 Å². The maximum Gasteiger partial charge on any atom is 0.241 e. The van der Waals surface area contributed by atoms with E-state index in [1.807, 2.05) is 20.8 Å². The van der Waals surface area contributed by atoms with Gasteiger partial charge in [-0.05, 0) is 34.3 Å². The van der Waals surface area contributed by atoms with Gasteiger partial charge in [0.1, 0.15) is 0 Å². The van der Waals surface area contributed by atoms with Crippen LogP contribution in [0.25, 0.3) is 0 Å². The number of hydrogen-bond acceptors (Lipinski definition) is 3. The Hall–Kier alpha value is 0.0900. The molecular weight excluding hydrogens is 310 g/mol. The Balaban J connectivity index is 2.91. The van der Waals surface area contributed by atoms with Crippen LogP contribution in [0.3, 0.4) is 0 Å². The minimum absolute atomic E-state index is 0.0613. The number of aryl methyl sites for hydroxylation is 1. The summed E-state index contributed by atoms with van der Waals surface area (Å²) in [6.45, 7) is 8.22. The molecule has 92 valence electrons. The van der Waals surface area contributed by atoms with E-state index in [1.165, 1.54) is 11.3 Å². The van der Waals surface area contributed by atoms with E-state index in [0.29, 0.717) is 11.4 Å². The SMILES string of the molecule is Cc1sc(Br)cc1S(=O)(=O)NCC(C)(C)C. The molecule has 16 heavy (non-hydrogen) atoms. The highest BCUT2D eigenvalue weighted by Crippen LogP contribution is 2.29. The zero-order chi connectivity index (χ0) is 12.6. The van der Waals surface area contributed by atoms with Gasteiger partial charge in [-0.1, -0.05) is 20.8 Å². The second-order valence-corrected chi connectivity index (χ2v) is 9.23. The van der Waals surface area contributed by atoms with E-state index in [2.05, 4.69) is 20.7 Å². The molecule has 0 saturated carbocycles. The zero-order valence-corrected chi connectivity index (χ0v) is 13.0. The highest BCUT2D eigenvalue weighted by Gasteiger charge is 2.21. The summed E-state index contributed by atoms with van der Waals surface area (Å²) in [6, 6.07) is 1.64. The molecule has 1 N–H and O–H groups in total.